The molecule has 0 radical (unpaired) electrons. The van der Waals surface area contributed by atoms with Crippen molar-refractivity contribution in [2.45, 2.75) is 50.4 Å². The molecule has 2 aliphatic heterocycles. The Kier molecular flexibility index (Phi) is 3.79. The van der Waals surface area contributed by atoms with Gasteiger partial charge in [-0.2, -0.15) is 0 Å². The molecule has 2 aliphatic rings. The number of nitrogens with two attached hydrogens (primary N) is 1. The van der Waals surface area contributed by atoms with Crippen LogP contribution in [0.2, 0.25) is 0 Å². The number of hydrogen-bond donors (Lipinski definition) is 1. The third-order valence-electron chi connectivity index (χ3n) is 4.52. The van der Waals surface area contributed by atoms with Gasteiger partial charge in [0.2, 0.25) is 0 Å². The van der Waals surface area contributed by atoms with Gasteiger partial charge in [-0.05, 0) is 37.3 Å². The van der Waals surface area contributed by atoms with E-state index in [0.717, 1.165) is 29.4 Å². The minimum Gasteiger partial charge on any atom is -0.328 e. The van der Waals surface area contributed by atoms with Crippen LogP contribution in [-0.4, -0.2) is 27.9 Å². The van der Waals surface area contributed by atoms with Crippen LogP contribution in [0.25, 0.3) is 0 Å². The van der Waals surface area contributed by atoms with E-state index in [-0.39, 0.29) is 10.6 Å². The van der Waals surface area contributed by atoms with Crippen LogP contribution in [-0.2, 0) is 6.54 Å². The molecule has 2 atom stereocenters. The molecule has 5 nitrogen and oxygen atoms in total. The van der Waals surface area contributed by atoms with Crippen LogP contribution in [0, 0.1) is 10.1 Å². The molecule has 0 amide bonds. The summed E-state index contributed by atoms with van der Waals surface area (Å²) in [6.45, 7) is 0.848. The number of nitrogens with zero attached hydrogens (tertiary/aromatic N) is 2. The third kappa shape index (κ3) is 2.60. The number of piperidine rings is 1. The van der Waals surface area contributed by atoms with E-state index in [1.807, 2.05) is 6.07 Å². The van der Waals surface area contributed by atoms with Crippen LogP contribution in [0.15, 0.2) is 22.7 Å². The molecule has 2 bridgehead atoms. The molecule has 6 heteroatoms. The fraction of sp³-hybridized carbons (Fsp3) is 0.571. The molecule has 1 aromatic rings. The molecule has 0 spiro atoms. The van der Waals surface area contributed by atoms with Gasteiger partial charge in [0.15, 0.2) is 0 Å². The fourth-order valence-electron chi connectivity index (χ4n) is 3.55. The summed E-state index contributed by atoms with van der Waals surface area (Å²) in [5.74, 6) is 0. The Balaban J connectivity index is 1.77. The normalized spacial score (nSPS) is 29.6. The van der Waals surface area contributed by atoms with Gasteiger partial charge in [0.25, 0.3) is 5.69 Å². The average Bonchev–Trinajstić information content (AvgIpc) is 2.63. The highest BCUT2D eigenvalue weighted by Crippen LogP contribution is 2.37. The zero-order chi connectivity index (χ0) is 14.3. The van der Waals surface area contributed by atoms with Crippen molar-refractivity contribution in [1.82, 2.24) is 4.90 Å². The first-order chi connectivity index (χ1) is 9.54. The lowest BCUT2D eigenvalue weighted by Crippen LogP contribution is -2.46. The van der Waals surface area contributed by atoms with Crippen molar-refractivity contribution in [3.63, 3.8) is 0 Å². The van der Waals surface area contributed by atoms with Gasteiger partial charge in [0.1, 0.15) is 0 Å². The molecule has 108 valence electrons. The second-order valence-corrected chi connectivity index (χ2v) is 6.68. The summed E-state index contributed by atoms with van der Waals surface area (Å²) in [4.78, 5) is 12.9. The van der Waals surface area contributed by atoms with Crippen molar-refractivity contribution in [1.29, 1.82) is 0 Å². The van der Waals surface area contributed by atoms with Crippen molar-refractivity contribution in [2.75, 3.05) is 0 Å². The summed E-state index contributed by atoms with van der Waals surface area (Å²) in [7, 11) is 0. The van der Waals surface area contributed by atoms with Crippen LogP contribution < -0.4 is 5.73 Å². The van der Waals surface area contributed by atoms with E-state index in [1.165, 1.54) is 12.8 Å². The Bertz CT molecular complexity index is 523. The number of benzene rings is 1. The van der Waals surface area contributed by atoms with E-state index >= 15 is 0 Å². The molecule has 3 rings (SSSR count). The van der Waals surface area contributed by atoms with Crippen LogP contribution in [0.4, 0.5) is 5.69 Å². The quantitative estimate of drug-likeness (QED) is 0.678. The Hall–Kier alpha value is -0.980. The maximum Gasteiger partial charge on any atom is 0.270 e. The smallest absolute Gasteiger partial charge is 0.270 e. The molecule has 2 saturated heterocycles. The number of non-ortho nitro benzene ring substituents is 1. The number of nitro groups is 1. The lowest BCUT2D eigenvalue weighted by Gasteiger charge is -2.37. The summed E-state index contributed by atoms with van der Waals surface area (Å²) < 4.78 is 0.820. The number of fused-ring (bicyclic) bond motifs is 2. The van der Waals surface area contributed by atoms with E-state index in [2.05, 4.69) is 20.8 Å². The van der Waals surface area contributed by atoms with Crippen molar-refractivity contribution < 1.29 is 4.92 Å². The maximum atomic E-state index is 10.8. The predicted octanol–water partition coefficient (Wildman–Crippen LogP) is 2.81. The van der Waals surface area contributed by atoms with E-state index in [0.29, 0.717) is 18.1 Å². The topological polar surface area (TPSA) is 72.4 Å². The highest BCUT2D eigenvalue weighted by molar-refractivity contribution is 9.10. The molecule has 2 heterocycles. The van der Waals surface area contributed by atoms with Crippen molar-refractivity contribution in [2.24, 2.45) is 5.73 Å². The highest BCUT2D eigenvalue weighted by Gasteiger charge is 2.39. The summed E-state index contributed by atoms with van der Waals surface area (Å²) in [5.41, 5.74) is 7.33. The molecule has 2 fully saturated rings. The Morgan fingerprint density at radius 3 is 2.55 bits per heavy atom. The fourth-order valence-corrected chi connectivity index (χ4v) is 4.04. The van der Waals surface area contributed by atoms with E-state index in [9.17, 15) is 10.1 Å². The van der Waals surface area contributed by atoms with E-state index in [4.69, 9.17) is 5.73 Å². The van der Waals surface area contributed by atoms with Gasteiger partial charge in [-0.15, -0.1) is 0 Å². The van der Waals surface area contributed by atoms with Gasteiger partial charge in [-0.25, -0.2) is 0 Å². The number of halogens is 1. The summed E-state index contributed by atoms with van der Waals surface area (Å²) >= 11 is 3.46. The maximum absolute atomic E-state index is 10.8. The highest BCUT2D eigenvalue weighted by atomic mass is 79.9. The molecule has 0 aliphatic carbocycles. The van der Waals surface area contributed by atoms with Crippen LogP contribution in [0.1, 0.15) is 31.2 Å². The lowest BCUT2D eigenvalue weighted by atomic mass is 9.97. The largest absolute Gasteiger partial charge is 0.328 e. The van der Waals surface area contributed by atoms with Crippen molar-refractivity contribution in [3.8, 4) is 0 Å². The molecule has 2 unspecified atom stereocenters. The SMILES string of the molecule is NC1CC2CCC(C1)N2Cc1ccc([N+](=O)[O-])cc1Br. The Morgan fingerprint density at radius 1 is 1.35 bits per heavy atom. The van der Waals surface area contributed by atoms with Crippen molar-refractivity contribution in [3.05, 3.63) is 38.3 Å². The second-order valence-electron chi connectivity index (χ2n) is 5.82. The van der Waals surface area contributed by atoms with Gasteiger partial charge in [0.05, 0.1) is 4.92 Å². The van der Waals surface area contributed by atoms with Gasteiger partial charge < -0.3 is 5.73 Å². The Labute approximate surface area is 126 Å². The molecule has 0 saturated carbocycles. The average molecular weight is 340 g/mol. The Morgan fingerprint density at radius 2 is 2.00 bits per heavy atom. The number of nitro benzene ring substituents is 1. The van der Waals surface area contributed by atoms with Gasteiger partial charge in [-0.1, -0.05) is 15.9 Å². The minimum absolute atomic E-state index is 0.129. The van der Waals surface area contributed by atoms with Crippen LogP contribution in [0.5, 0.6) is 0 Å². The molecular weight excluding hydrogens is 322 g/mol. The molecule has 2 N–H and O–H groups in total. The molecule has 1 aromatic carbocycles. The van der Waals surface area contributed by atoms with Gasteiger partial charge >= 0.3 is 0 Å². The first kappa shape index (κ1) is 14.0. The molecule has 20 heavy (non-hydrogen) atoms. The zero-order valence-electron chi connectivity index (χ0n) is 11.2. The van der Waals surface area contributed by atoms with Crippen molar-refractivity contribution >= 4 is 21.6 Å². The zero-order valence-corrected chi connectivity index (χ0v) is 12.8. The summed E-state index contributed by atoms with van der Waals surface area (Å²) in [5, 5.41) is 10.8. The number of hydrogen-bond acceptors (Lipinski definition) is 4. The van der Waals surface area contributed by atoms with Crippen LogP contribution >= 0.6 is 15.9 Å². The monoisotopic (exact) mass is 339 g/mol. The first-order valence-corrected chi connectivity index (χ1v) is 7.78. The third-order valence-corrected chi connectivity index (χ3v) is 5.26. The van der Waals surface area contributed by atoms with E-state index in [1.54, 1.807) is 12.1 Å². The minimum atomic E-state index is -0.363. The van der Waals surface area contributed by atoms with Gasteiger partial charge in [0, 0.05) is 41.3 Å². The standard InChI is InChI=1S/C14H18BrN3O2/c15-14-7-13(18(19)20)2-1-9(14)8-17-11-3-4-12(17)6-10(16)5-11/h1-2,7,10-12H,3-6,8,16H2. The number of rotatable bonds is 3. The van der Waals surface area contributed by atoms with Gasteiger partial charge in [-0.3, -0.25) is 15.0 Å². The van der Waals surface area contributed by atoms with E-state index < -0.39 is 0 Å². The summed E-state index contributed by atoms with van der Waals surface area (Å²) in [6, 6.07) is 6.52. The summed E-state index contributed by atoms with van der Waals surface area (Å²) in [6.07, 6.45) is 4.59. The first-order valence-electron chi connectivity index (χ1n) is 6.98. The second kappa shape index (κ2) is 5.42. The molecule has 0 aromatic heterocycles. The predicted molar refractivity (Wildman–Crippen MR) is 80.4 cm³/mol. The lowest BCUT2D eigenvalue weighted by molar-refractivity contribution is -0.384. The van der Waals surface area contributed by atoms with Crippen LogP contribution in [0.3, 0.4) is 0 Å². The molecular formula is C14H18BrN3O2.